The van der Waals surface area contributed by atoms with Crippen LogP contribution in [0.2, 0.25) is 5.02 Å². The molecule has 1 aromatic carbocycles. The molecule has 8 heteroatoms. The van der Waals surface area contributed by atoms with E-state index >= 15 is 0 Å². The molecule has 1 N–H and O–H groups in total. The van der Waals surface area contributed by atoms with Gasteiger partial charge < -0.3 is 15.0 Å². The second kappa shape index (κ2) is 7.50. The number of rotatable bonds is 4. The van der Waals surface area contributed by atoms with Gasteiger partial charge in [0.15, 0.2) is 0 Å². The lowest BCUT2D eigenvalue weighted by atomic mass is 10.0. The fraction of sp³-hybridized carbons (Fsp3) is 0.533. The SMILES string of the molecule is CCOC(=O)NC1CCCN(c2c(C)cc([N+](=O)[O-])cc2Cl)C1. The van der Waals surface area contributed by atoms with Crippen LogP contribution >= 0.6 is 11.6 Å². The first-order valence-corrected chi connectivity index (χ1v) is 7.93. The Balaban J connectivity index is 2.15. The molecule has 1 aliphatic heterocycles. The van der Waals surface area contributed by atoms with Crippen molar-refractivity contribution in [1.29, 1.82) is 0 Å². The number of hydrogen-bond donors (Lipinski definition) is 1. The fourth-order valence-electron chi connectivity index (χ4n) is 2.86. The Bertz CT molecular complexity index is 585. The van der Waals surface area contributed by atoms with Crippen molar-refractivity contribution in [2.75, 3.05) is 24.6 Å². The number of nitro groups is 1. The number of nitrogens with one attached hydrogen (secondary N) is 1. The van der Waals surface area contributed by atoms with E-state index < -0.39 is 11.0 Å². The van der Waals surface area contributed by atoms with Crippen LogP contribution in [0.25, 0.3) is 0 Å². The average molecular weight is 342 g/mol. The van der Waals surface area contributed by atoms with Gasteiger partial charge in [-0.1, -0.05) is 11.6 Å². The molecule has 1 aromatic rings. The molecule has 0 aromatic heterocycles. The van der Waals surface area contributed by atoms with Crippen LogP contribution in [0.3, 0.4) is 0 Å². The van der Waals surface area contributed by atoms with Gasteiger partial charge in [0.25, 0.3) is 5.69 Å². The molecule has 126 valence electrons. The van der Waals surface area contributed by atoms with Gasteiger partial charge in [-0.05, 0) is 32.3 Å². The number of benzene rings is 1. The van der Waals surface area contributed by atoms with Gasteiger partial charge in [-0.2, -0.15) is 0 Å². The maximum absolute atomic E-state index is 11.6. The third kappa shape index (κ3) is 4.25. The highest BCUT2D eigenvalue weighted by Crippen LogP contribution is 2.35. The van der Waals surface area contributed by atoms with Crippen molar-refractivity contribution in [3.63, 3.8) is 0 Å². The van der Waals surface area contributed by atoms with Gasteiger partial charge in [0, 0.05) is 31.3 Å². The van der Waals surface area contributed by atoms with Crippen LogP contribution in [-0.4, -0.2) is 36.8 Å². The summed E-state index contributed by atoms with van der Waals surface area (Å²) in [6, 6.07) is 2.85. The van der Waals surface area contributed by atoms with Crippen LogP contribution < -0.4 is 10.2 Å². The Hall–Kier alpha value is -2.02. The molecule has 2 rings (SSSR count). The molecule has 1 saturated heterocycles. The van der Waals surface area contributed by atoms with Crippen molar-refractivity contribution >= 4 is 29.1 Å². The number of carbonyl (C=O) groups is 1. The van der Waals surface area contributed by atoms with Gasteiger partial charge in [0.1, 0.15) is 0 Å². The smallest absolute Gasteiger partial charge is 0.407 e. The fourth-order valence-corrected chi connectivity index (χ4v) is 3.24. The van der Waals surface area contributed by atoms with E-state index in [0.29, 0.717) is 18.2 Å². The highest BCUT2D eigenvalue weighted by molar-refractivity contribution is 6.33. The van der Waals surface area contributed by atoms with Crippen molar-refractivity contribution in [3.05, 3.63) is 32.8 Å². The van der Waals surface area contributed by atoms with Crippen LogP contribution in [0.15, 0.2) is 12.1 Å². The maximum Gasteiger partial charge on any atom is 0.407 e. The zero-order valence-corrected chi connectivity index (χ0v) is 13.9. The van der Waals surface area contributed by atoms with E-state index in [1.165, 1.54) is 12.1 Å². The largest absolute Gasteiger partial charge is 0.450 e. The first-order chi connectivity index (χ1) is 10.9. The molecule has 7 nitrogen and oxygen atoms in total. The molecular weight excluding hydrogens is 322 g/mol. The summed E-state index contributed by atoms with van der Waals surface area (Å²) in [4.78, 5) is 24.1. The van der Waals surface area contributed by atoms with Crippen molar-refractivity contribution < 1.29 is 14.5 Å². The Morgan fingerprint density at radius 3 is 2.91 bits per heavy atom. The Morgan fingerprint density at radius 2 is 2.30 bits per heavy atom. The monoisotopic (exact) mass is 341 g/mol. The van der Waals surface area contributed by atoms with E-state index in [0.717, 1.165) is 30.6 Å². The zero-order valence-electron chi connectivity index (χ0n) is 13.2. The number of hydrogen-bond acceptors (Lipinski definition) is 5. The van der Waals surface area contributed by atoms with E-state index in [9.17, 15) is 14.9 Å². The molecule has 0 bridgehead atoms. The number of anilines is 1. The quantitative estimate of drug-likeness (QED) is 0.671. The lowest BCUT2D eigenvalue weighted by Crippen LogP contribution is -2.48. The molecule has 1 atom stereocenters. The van der Waals surface area contributed by atoms with Crippen LogP contribution in [0.5, 0.6) is 0 Å². The van der Waals surface area contributed by atoms with E-state index in [1.54, 1.807) is 13.8 Å². The first kappa shape index (κ1) is 17.3. The van der Waals surface area contributed by atoms with Crippen molar-refractivity contribution in [2.24, 2.45) is 0 Å². The Kier molecular flexibility index (Phi) is 5.65. The maximum atomic E-state index is 11.6. The van der Waals surface area contributed by atoms with Crippen LogP contribution in [-0.2, 0) is 4.74 Å². The molecule has 1 heterocycles. The second-order valence-corrected chi connectivity index (χ2v) is 5.91. The minimum absolute atomic E-state index is 0.0190. The number of alkyl carbamates (subject to hydrolysis) is 1. The summed E-state index contributed by atoms with van der Waals surface area (Å²) in [7, 11) is 0. The molecule has 1 fully saturated rings. The minimum Gasteiger partial charge on any atom is -0.450 e. The molecule has 0 saturated carbocycles. The average Bonchev–Trinajstić information content (AvgIpc) is 2.47. The van der Waals surface area contributed by atoms with Crippen molar-refractivity contribution in [1.82, 2.24) is 5.32 Å². The minimum atomic E-state index is -0.454. The zero-order chi connectivity index (χ0) is 17.0. The van der Waals surface area contributed by atoms with Gasteiger partial charge in [-0.15, -0.1) is 0 Å². The summed E-state index contributed by atoms with van der Waals surface area (Å²) in [5, 5.41) is 14.1. The van der Waals surface area contributed by atoms with Gasteiger partial charge in [0.2, 0.25) is 0 Å². The molecule has 1 amide bonds. The van der Waals surface area contributed by atoms with Gasteiger partial charge in [0.05, 0.1) is 22.2 Å². The summed E-state index contributed by atoms with van der Waals surface area (Å²) in [5.41, 5.74) is 1.52. The van der Waals surface area contributed by atoms with E-state index in [-0.39, 0.29) is 11.7 Å². The molecule has 23 heavy (non-hydrogen) atoms. The molecule has 0 aliphatic carbocycles. The molecule has 0 spiro atoms. The normalized spacial score (nSPS) is 17.7. The number of aryl methyl sites for hydroxylation is 1. The van der Waals surface area contributed by atoms with E-state index in [1.807, 2.05) is 0 Å². The number of amides is 1. The third-order valence-electron chi connectivity index (χ3n) is 3.78. The number of nitro benzene ring substituents is 1. The summed E-state index contributed by atoms with van der Waals surface area (Å²) < 4.78 is 4.91. The van der Waals surface area contributed by atoms with E-state index in [4.69, 9.17) is 16.3 Å². The standard InChI is InChI=1S/C15H20ClN3O4/c1-3-23-15(20)17-11-5-4-6-18(9-11)14-10(2)7-12(19(21)22)8-13(14)16/h7-8,11H,3-6,9H2,1-2H3,(H,17,20). The van der Waals surface area contributed by atoms with E-state index in [2.05, 4.69) is 10.2 Å². The molecule has 0 radical (unpaired) electrons. The summed E-state index contributed by atoms with van der Waals surface area (Å²) >= 11 is 6.26. The van der Waals surface area contributed by atoms with Gasteiger partial charge >= 0.3 is 6.09 Å². The van der Waals surface area contributed by atoms with Crippen molar-refractivity contribution in [2.45, 2.75) is 32.7 Å². The Labute approximate surface area is 139 Å². The summed E-state index contributed by atoms with van der Waals surface area (Å²) in [5.74, 6) is 0. The number of non-ortho nitro benzene ring substituents is 1. The summed E-state index contributed by atoms with van der Waals surface area (Å²) in [6.07, 6.45) is 1.33. The van der Waals surface area contributed by atoms with Gasteiger partial charge in [-0.25, -0.2) is 4.79 Å². The lowest BCUT2D eigenvalue weighted by molar-refractivity contribution is -0.384. The highest BCUT2D eigenvalue weighted by Gasteiger charge is 2.25. The second-order valence-electron chi connectivity index (χ2n) is 5.50. The topological polar surface area (TPSA) is 84.7 Å². The van der Waals surface area contributed by atoms with Crippen molar-refractivity contribution in [3.8, 4) is 0 Å². The molecule has 1 aliphatic rings. The van der Waals surface area contributed by atoms with Crippen LogP contribution in [0.1, 0.15) is 25.3 Å². The van der Waals surface area contributed by atoms with Gasteiger partial charge in [-0.3, -0.25) is 10.1 Å². The number of piperidine rings is 1. The third-order valence-corrected chi connectivity index (χ3v) is 4.07. The predicted molar refractivity (Wildman–Crippen MR) is 88.2 cm³/mol. The summed E-state index contributed by atoms with van der Waals surface area (Å²) in [6.45, 7) is 5.27. The number of carbonyl (C=O) groups excluding carboxylic acids is 1. The van der Waals surface area contributed by atoms with Crippen LogP contribution in [0, 0.1) is 17.0 Å². The van der Waals surface area contributed by atoms with Crippen LogP contribution in [0.4, 0.5) is 16.2 Å². The Morgan fingerprint density at radius 1 is 1.57 bits per heavy atom. The number of ether oxygens (including phenoxy) is 1. The first-order valence-electron chi connectivity index (χ1n) is 7.55. The molecular formula is C15H20ClN3O4. The lowest BCUT2D eigenvalue weighted by Gasteiger charge is -2.35. The number of halogens is 1. The number of nitrogens with zero attached hydrogens (tertiary/aromatic N) is 2. The molecule has 1 unspecified atom stereocenters. The highest BCUT2D eigenvalue weighted by atomic mass is 35.5. The predicted octanol–water partition coefficient (Wildman–Crippen LogP) is 3.27.